The zero-order valence-electron chi connectivity index (χ0n) is 12.1. The van der Waals surface area contributed by atoms with Crippen molar-refractivity contribution in [3.05, 3.63) is 23.5 Å². The number of hydrogen-bond donors (Lipinski definition) is 1. The molecule has 1 saturated heterocycles. The van der Waals surface area contributed by atoms with Crippen LogP contribution in [0.25, 0.3) is 0 Å². The van der Waals surface area contributed by atoms with Gasteiger partial charge in [0.25, 0.3) is 5.91 Å². The molecule has 1 aliphatic heterocycles. The van der Waals surface area contributed by atoms with Crippen molar-refractivity contribution >= 4 is 5.91 Å². The standard InChI is InChI=1S/C14H24N4O/c1-12-13(4-6-17(12)3)14(19)15-5-7-18-10-8-16(2)9-11-18/h4,6H,5,7-11H2,1-3H3,(H,15,19). The van der Waals surface area contributed by atoms with E-state index in [2.05, 4.69) is 22.2 Å². The zero-order chi connectivity index (χ0) is 13.8. The van der Waals surface area contributed by atoms with Gasteiger partial charge >= 0.3 is 0 Å². The molecule has 1 amide bonds. The van der Waals surface area contributed by atoms with Gasteiger partial charge in [-0.15, -0.1) is 0 Å². The summed E-state index contributed by atoms with van der Waals surface area (Å²) in [6.07, 6.45) is 1.92. The van der Waals surface area contributed by atoms with Crippen LogP contribution in [0.4, 0.5) is 0 Å². The molecule has 19 heavy (non-hydrogen) atoms. The van der Waals surface area contributed by atoms with Crippen molar-refractivity contribution < 1.29 is 4.79 Å². The molecular weight excluding hydrogens is 240 g/mol. The Bertz CT molecular complexity index is 433. The molecule has 0 saturated carbocycles. The van der Waals surface area contributed by atoms with Crippen LogP contribution >= 0.6 is 0 Å². The molecule has 0 radical (unpaired) electrons. The van der Waals surface area contributed by atoms with Crippen molar-refractivity contribution in [3.63, 3.8) is 0 Å². The normalized spacial score (nSPS) is 17.6. The Balaban J connectivity index is 1.74. The van der Waals surface area contributed by atoms with Gasteiger partial charge in [-0.1, -0.05) is 0 Å². The predicted molar refractivity (Wildman–Crippen MR) is 76.4 cm³/mol. The Labute approximate surface area is 115 Å². The number of carbonyl (C=O) groups excluding carboxylic acids is 1. The quantitative estimate of drug-likeness (QED) is 0.851. The van der Waals surface area contributed by atoms with Crippen LogP contribution in [-0.2, 0) is 7.05 Å². The fourth-order valence-electron chi connectivity index (χ4n) is 2.34. The second kappa shape index (κ2) is 6.21. The molecule has 106 valence electrons. The third-order valence-corrected chi connectivity index (χ3v) is 3.94. The number of piperazine rings is 1. The summed E-state index contributed by atoms with van der Waals surface area (Å²) in [5.41, 5.74) is 1.79. The molecule has 0 spiro atoms. The molecule has 0 atom stereocenters. The molecule has 1 aliphatic rings. The van der Waals surface area contributed by atoms with E-state index < -0.39 is 0 Å². The number of aromatic nitrogens is 1. The molecule has 0 unspecified atom stereocenters. The minimum absolute atomic E-state index is 0.0345. The Hall–Kier alpha value is -1.33. The van der Waals surface area contributed by atoms with E-state index in [1.165, 1.54) is 0 Å². The largest absolute Gasteiger partial charge is 0.354 e. The van der Waals surface area contributed by atoms with Crippen LogP contribution in [0.1, 0.15) is 16.1 Å². The maximum Gasteiger partial charge on any atom is 0.253 e. The molecule has 0 aromatic carbocycles. The van der Waals surface area contributed by atoms with Gasteiger partial charge in [-0.2, -0.15) is 0 Å². The summed E-state index contributed by atoms with van der Waals surface area (Å²) in [6.45, 7) is 8.04. The molecular formula is C14H24N4O. The van der Waals surface area contributed by atoms with Gasteiger partial charge in [0, 0.05) is 58.2 Å². The summed E-state index contributed by atoms with van der Waals surface area (Å²) in [6, 6.07) is 1.88. The topological polar surface area (TPSA) is 40.5 Å². The first-order chi connectivity index (χ1) is 9.08. The Morgan fingerprint density at radius 2 is 1.95 bits per heavy atom. The maximum absolute atomic E-state index is 12.0. The van der Waals surface area contributed by atoms with Crippen LogP contribution in [0.2, 0.25) is 0 Å². The number of likely N-dealkylation sites (N-methyl/N-ethyl adjacent to an activating group) is 1. The molecule has 0 bridgehead atoms. The third-order valence-electron chi connectivity index (χ3n) is 3.94. The Kier molecular flexibility index (Phi) is 4.61. The molecule has 1 fully saturated rings. The summed E-state index contributed by atoms with van der Waals surface area (Å²) in [5.74, 6) is 0.0345. The summed E-state index contributed by atoms with van der Waals surface area (Å²) in [7, 11) is 4.10. The second-order valence-electron chi connectivity index (χ2n) is 5.33. The Morgan fingerprint density at radius 3 is 2.53 bits per heavy atom. The van der Waals surface area contributed by atoms with Gasteiger partial charge < -0.3 is 14.8 Å². The van der Waals surface area contributed by atoms with Gasteiger partial charge in [-0.3, -0.25) is 9.69 Å². The smallest absolute Gasteiger partial charge is 0.253 e. The molecule has 5 nitrogen and oxygen atoms in total. The van der Waals surface area contributed by atoms with Crippen LogP contribution in [0.3, 0.4) is 0 Å². The van der Waals surface area contributed by atoms with E-state index in [4.69, 9.17) is 0 Å². The van der Waals surface area contributed by atoms with Crippen molar-refractivity contribution in [2.45, 2.75) is 6.92 Å². The van der Waals surface area contributed by atoms with Crippen LogP contribution < -0.4 is 5.32 Å². The van der Waals surface area contributed by atoms with Gasteiger partial charge in [0.1, 0.15) is 0 Å². The average Bonchev–Trinajstić information content (AvgIpc) is 2.72. The number of rotatable bonds is 4. The fraction of sp³-hybridized carbons (Fsp3) is 0.643. The number of hydrogen-bond acceptors (Lipinski definition) is 3. The van der Waals surface area contributed by atoms with Gasteiger partial charge in [0.15, 0.2) is 0 Å². The van der Waals surface area contributed by atoms with Gasteiger partial charge in [-0.05, 0) is 20.0 Å². The lowest BCUT2D eigenvalue weighted by molar-refractivity contribution is 0.0940. The van der Waals surface area contributed by atoms with E-state index in [1.54, 1.807) is 0 Å². The first-order valence-corrected chi connectivity index (χ1v) is 6.89. The summed E-state index contributed by atoms with van der Waals surface area (Å²) in [5, 5.41) is 3.00. The van der Waals surface area contributed by atoms with Crippen LogP contribution in [0, 0.1) is 6.92 Å². The van der Waals surface area contributed by atoms with Crippen molar-refractivity contribution in [1.29, 1.82) is 0 Å². The maximum atomic E-state index is 12.0. The van der Waals surface area contributed by atoms with E-state index in [-0.39, 0.29) is 5.91 Å². The van der Waals surface area contributed by atoms with E-state index in [0.29, 0.717) is 0 Å². The highest BCUT2D eigenvalue weighted by Crippen LogP contribution is 2.07. The average molecular weight is 264 g/mol. The Morgan fingerprint density at radius 1 is 1.26 bits per heavy atom. The number of nitrogens with one attached hydrogen (secondary N) is 1. The lowest BCUT2D eigenvalue weighted by atomic mass is 10.2. The SMILES string of the molecule is Cc1c(C(=O)NCCN2CCN(C)CC2)ccn1C. The van der Waals surface area contributed by atoms with Crippen molar-refractivity contribution in [2.75, 3.05) is 46.3 Å². The van der Waals surface area contributed by atoms with Crippen LogP contribution in [0.15, 0.2) is 12.3 Å². The lowest BCUT2D eigenvalue weighted by Crippen LogP contribution is -2.46. The number of carbonyl (C=O) groups is 1. The fourth-order valence-corrected chi connectivity index (χ4v) is 2.34. The van der Waals surface area contributed by atoms with Crippen molar-refractivity contribution in [1.82, 2.24) is 19.7 Å². The summed E-state index contributed by atoms with van der Waals surface area (Å²) >= 11 is 0. The highest BCUT2D eigenvalue weighted by Gasteiger charge is 2.14. The minimum Gasteiger partial charge on any atom is -0.354 e. The van der Waals surface area contributed by atoms with E-state index >= 15 is 0 Å². The molecule has 0 aliphatic carbocycles. The minimum atomic E-state index is 0.0345. The molecule has 1 aromatic heterocycles. The molecule has 5 heteroatoms. The van der Waals surface area contributed by atoms with Gasteiger partial charge in [0.05, 0.1) is 5.56 Å². The van der Waals surface area contributed by atoms with Crippen molar-refractivity contribution in [3.8, 4) is 0 Å². The monoisotopic (exact) mass is 264 g/mol. The highest BCUT2D eigenvalue weighted by atomic mass is 16.1. The number of amides is 1. The van der Waals surface area contributed by atoms with E-state index in [0.717, 1.165) is 50.5 Å². The first-order valence-electron chi connectivity index (χ1n) is 6.89. The molecule has 1 aromatic rings. The van der Waals surface area contributed by atoms with E-state index in [1.807, 2.05) is 30.8 Å². The number of nitrogens with zero attached hydrogens (tertiary/aromatic N) is 3. The van der Waals surface area contributed by atoms with Gasteiger partial charge in [0.2, 0.25) is 0 Å². The van der Waals surface area contributed by atoms with Crippen LogP contribution in [0.5, 0.6) is 0 Å². The molecule has 1 N–H and O–H groups in total. The molecule has 2 rings (SSSR count). The highest BCUT2D eigenvalue weighted by molar-refractivity contribution is 5.95. The summed E-state index contributed by atoms with van der Waals surface area (Å²) < 4.78 is 1.97. The third kappa shape index (κ3) is 3.58. The lowest BCUT2D eigenvalue weighted by Gasteiger charge is -2.32. The van der Waals surface area contributed by atoms with Gasteiger partial charge in [-0.25, -0.2) is 0 Å². The summed E-state index contributed by atoms with van der Waals surface area (Å²) in [4.78, 5) is 16.8. The molecule has 2 heterocycles. The second-order valence-corrected chi connectivity index (χ2v) is 5.33. The van der Waals surface area contributed by atoms with Crippen molar-refractivity contribution in [2.24, 2.45) is 7.05 Å². The number of aryl methyl sites for hydroxylation is 1. The zero-order valence-corrected chi connectivity index (χ0v) is 12.1. The predicted octanol–water partition coefficient (Wildman–Crippen LogP) is 0.311. The van der Waals surface area contributed by atoms with E-state index in [9.17, 15) is 4.79 Å². The first kappa shape index (κ1) is 14.1. The van der Waals surface area contributed by atoms with Crippen LogP contribution in [-0.4, -0.2) is 66.6 Å².